The lowest BCUT2D eigenvalue weighted by atomic mass is 9.80. The van der Waals surface area contributed by atoms with Crippen LogP contribution in [0.5, 0.6) is 11.5 Å². The number of hydrogen-bond donors (Lipinski definition) is 3. The monoisotopic (exact) mass is 381 g/mol. The Morgan fingerprint density at radius 2 is 1.73 bits per heavy atom. The lowest BCUT2D eigenvalue weighted by Gasteiger charge is -2.29. The number of hydrogen-bond acceptors (Lipinski definition) is 7. The Hall–Kier alpha value is -2.05. The number of aliphatic hydroxyl groups excluding tert-OH is 3. The quantitative estimate of drug-likeness (QED) is 0.589. The fraction of sp³-hybridized carbons (Fsp3) is 0.389. The van der Waals surface area contributed by atoms with Crippen molar-refractivity contribution in [2.75, 3.05) is 34.0 Å². The summed E-state index contributed by atoms with van der Waals surface area (Å²) in [6, 6.07) is 4.79. The fourth-order valence-corrected chi connectivity index (χ4v) is 4.13. The van der Waals surface area contributed by atoms with Crippen molar-refractivity contribution in [3.05, 3.63) is 46.8 Å². The van der Waals surface area contributed by atoms with Crippen molar-refractivity contribution < 1.29 is 34.2 Å². The van der Waals surface area contributed by atoms with Crippen LogP contribution in [-0.2, 0) is 4.57 Å². The van der Waals surface area contributed by atoms with E-state index in [4.69, 9.17) is 9.47 Å². The van der Waals surface area contributed by atoms with Gasteiger partial charge in [0.2, 0.25) is 5.31 Å². The molecule has 0 saturated carbocycles. The Balaban J connectivity index is 2.45. The third-order valence-corrected chi connectivity index (χ3v) is 5.88. The average Bonchev–Trinajstić information content (AvgIpc) is 2.71. The molecule has 0 amide bonds. The number of ether oxygens (including phenoxy) is 2. The van der Waals surface area contributed by atoms with Gasteiger partial charge in [-0.2, -0.15) is 0 Å². The first-order chi connectivity index (χ1) is 12.5. The largest absolute Gasteiger partial charge is 0.496 e. The maximum Gasteiger partial charge on any atom is 0.458 e. The Kier molecular flexibility index (Phi) is 6.67. The zero-order valence-corrected chi connectivity index (χ0v) is 15.5. The molecule has 0 spiro atoms. The highest BCUT2D eigenvalue weighted by atomic mass is 31.1. The lowest BCUT2D eigenvalue weighted by molar-refractivity contribution is 0.0898. The molecule has 0 aliphatic heterocycles. The van der Waals surface area contributed by atoms with Gasteiger partial charge in [-0.05, 0) is 24.6 Å². The minimum absolute atomic E-state index is 0.0676. The van der Waals surface area contributed by atoms with E-state index in [2.05, 4.69) is 0 Å². The van der Waals surface area contributed by atoms with Crippen molar-refractivity contribution in [3.8, 4) is 11.5 Å². The first kappa shape index (κ1) is 20.3. The van der Waals surface area contributed by atoms with Crippen LogP contribution in [0.3, 0.4) is 0 Å². The second-order valence-corrected chi connectivity index (χ2v) is 7.45. The molecule has 0 radical (unpaired) electrons. The molecule has 140 valence electrons. The number of methoxy groups -OCH3 is 2. The lowest BCUT2D eigenvalue weighted by Crippen LogP contribution is -2.30. The van der Waals surface area contributed by atoms with E-state index in [1.807, 2.05) is 0 Å². The number of carbonyl (C=O) groups is 1. The summed E-state index contributed by atoms with van der Waals surface area (Å²) in [5, 5.41) is 28.9. The molecule has 1 aliphatic carbocycles. The van der Waals surface area contributed by atoms with Gasteiger partial charge in [0.05, 0.1) is 34.0 Å². The summed E-state index contributed by atoms with van der Waals surface area (Å²) in [6.07, 6.45) is 3.07. The van der Waals surface area contributed by atoms with Crippen LogP contribution in [0, 0.1) is 5.41 Å². The van der Waals surface area contributed by atoms with E-state index in [1.54, 1.807) is 18.2 Å². The van der Waals surface area contributed by atoms with Gasteiger partial charge in [0.1, 0.15) is 11.5 Å². The van der Waals surface area contributed by atoms with Crippen molar-refractivity contribution in [1.29, 1.82) is 0 Å². The zero-order chi connectivity index (χ0) is 19.3. The van der Waals surface area contributed by atoms with Crippen molar-refractivity contribution >= 4 is 13.3 Å². The summed E-state index contributed by atoms with van der Waals surface area (Å²) in [5.41, 5.74) is -1.21. The molecule has 3 N–H and O–H groups in total. The molecule has 1 atom stereocenters. The maximum atomic E-state index is 12.9. The zero-order valence-electron chi connectivity index (χ0n) is 14.6. The van der Waals surface area contributed by atoms with Crippen LogP contribution >= 0.6 is 7.80 Å². The molecule has 26 heavy (non-hydrogen) atoms. The molecular weight excluding hydrogens is 359 g/mol. The topological polar surface area (TPSA) is 113 Å². The number of carbonyl (C=O) groups excluding carboxylic acids is 1. The number of rotatable bonds is 8. The van der Waals surface area contributed by atoms with Crippen molar-refractivity contribution in [1.82, 2.24) is 0 Å². The van der Waals surface area contributed by atoms with E-state index < -0.39 is 25.3 Å². The SMILES string of the molecule is COc1cccc(OC)c1C(=O)[P+](=O)C1=C(CO)CC(CO)(CO)C=C1. The van der Waals surface area contributed by atoms with E-state index in [9.17, 15) is 24.7 Å². The maximum absolute atomic E-state index is 12.9. The summed E-state index contributed by atoms with van der Waals surface area (Å²) in [5.74, 6) is 0.479. The van der Waals surface area contributed by atoms with Crippen LogP contribution in [-0.4, -0.2) is 54.9 Å². The van der Waals surface area contributed by atoms with Crippen LogP contribution in [0.15, 0.2) is 41.2 Å². The molecular formula is C18H22O7P+. The Morgan fingerprint density at radius 1 is 1.15 bits per heavy atom. The first-order valence-corrected chi connectivity index (χ1v) is 9.19. The van der Waals surface area contributed by atoms with Gasteiger partial charge in [0.25, 0.3) is 0 Å². The fourth-order valence-electron chi connectivity index (χ4n) is 2.84. The molecule has 7 nitrogen and oxygen atoms in total. The normalized spacial score (nSPS) is 16.4. The molecule has 2 rings (SSSR count). The first-order valence-electron chi connectivity index (χ1n) is 7.93. The van der Waals surface area contributed by atoms with Gasteiger partial charge in [-0.25, -0.2) is 4.79 Å². The number of allylic oxidation sites excluding steroid dienone is 2. The molecule has 8 heteroatoms. The molecule has 1 aromatic rings. The second-order valence-electron chi connectivity index (χ2n) is 5.97. The minimum Gasteiger partial charge on any atom is -0.496 e. The molecule has 0 saturated heterocycles. The second kappa shape index (κ2) is 8.56. The van der Waals surface area contributed by atoms with Gasteiger partial charge in [0, 0.05) is 11.0 Å². The summed E-state index contributed by atoms with van der Waals surface area (Å²) < 4.78 is 23.3. The van der Waals surface area contributed by atoms with Gasteiger partial charge in [-0.1, -0.05) is 16.7 Å². The molecule has 1 aromatic carbocycles. The molecule has 0 heterocycles. The van der Waals surface area contributed by atoms with Gasteiger partial charge in [-0.3, -0.25) is 0 Å². The highest BCUT2D eigenvalue weighted by Crippen LogP contribution is 2.47. The van der Waals surface area contributed by atoms with Crippen molar-refractivity contribution in [2.45, 2.75) is 6.42 Å². The third-order valence-electron chi connectivity index (χ3n) is 4.39. The van der Waals surface area contributed by atoms with E-state index >= 15 is 0 Å². The van der Waals surface area contributed by atoms with E-state index in [1.165, 1.54) is 26.4 Å². The minimum atomic E-state index is -2.56. The van der Waals surface area contributed by atoms with Crippen LogP contribution in [0.4, 0.5) is 0 Å². The van der Waals surface area contributed by atoms with Gasteiger partial charge in [-0.15, -0.1) is 0 Å². The Labute approximate surface area is 152 Å². The Morgan fingerprint density at radius 3 is 2.19 bits per heavy atom. The summed E-state index contributed by atoms with van der Waals surface area (Å²) in [6.45, 7) is -1.09. The van der Waals surface area contributed by atoms with Gasteiger partial charge >= 0.3 is 13.3 Å². The standard InChI is InChI=1S/C18H22O7P/c1-24-13-4-3-5-14(25-2)16(13)17(22)26(23)15-6-7-18(10-20,11-21)8-12(15)9-19/h3-7,19-21H,8-11H2,1-2H3/q+1. The van der Waals surface area contributed by atoms with Gasteiger partial charge < -0.3 is 24.8 Å². The predicted octanol–water partition coefficient (Wildman–Crippen LogP) is 1.85. The number of benzene rings is 1. The van der Waals surface area contributed by atoms with E-state index in [0.29, 0.717) is 5.57 Å². The van der Waals surface area contributed by atoms with Crippen LogP contribution < -0.4 is 9.47 Å². The predicted molar refractivity (Wildman–Crippen MR) is 96.0 cm³/mol. The third kappa shape index (κ3) is 3.71. The van der Waals surface area contributed by atoms with Crippen LogP contribution in [0.2, 0.25) is 0 Å². The molecule has 0 fully saturated rings. The molecule has 0 aromatic heterocycles. The van der Waals surface area contributed by atoms with Crippen LogP contribution in [0.25, 0.3) is 0 Å². The Bertz CT molecular complexity index is 741. The highest BCUT2D eigenvalue weighted by Gasteiger charge is 2.43. The average molecular weight is 381 g/mol. The molecule has 1 unspecified atom stereocenters. The summed E-state index contributed by atoms with van der Waals surface area (Å²) >= 11 is 0. The highest BCUT2D eigenvalue weighted by molar-refractivity contribution is 7.68. The number of aliphatic hydroxyl groups is 3. The summed E-state index contributed by atoms with van der Waals surface area (Å²) in [4.78, 5) is 12.9. The van der Waals surface area contributed by atoms with Crippen molar-refractivity contribution in [3.63, 3.8) is 0 Å². The van der Waals surface area contributed by atoms with Crippen LogP contribution in [0.1, 0.15) is 16.8 Å². The summed E-state index contributed by atoms with van der Waals surface area (Å²) in [7, 11) is 0.238. The molecule has 0 bridgehead atoms. The molecule has 1 aliphatic rings. The van der Waals surface area contributed by atoms with Crippen molar-refractivity contribution in [2.24, 2.45) is 5.41 Å². The van der Waals surface area contributed by atoms with E-state index in [0.717, 1.165) is 0 Å². The van der Waals surface area contributed by atoms with Gasteiger partial charge in [0.15, 0.2) is 5.56 Å². The smallest absolute Gasteiger partial charge is 0.458 e. The van der Waals surface area contributed by atoms with E-state index in [-0.39, 0.29) is 42.0 Å².